The fourth-order valence-corrected chi connectivity index (χ4v) is 4.29. The lowest BCUT2D eigenvalue weighted by Gasteiger charge is -2.40. The highest BCUT2D eigenvalue weighted by atomic mass is 16.7. The topological polar surface area (TPSA) is 166 Å². The molecule has 0 aromatic heterocycles. The smallest absolute Gasteiger partial charge is 0.331 e. The third-order valence-corrected chi connectivity index (χ3v) is 6.72. The predicted octanol–water partition coefficient (Wildman–Crippen LogP) is 1.91. The number of aliphatic hydroxyl groups excluding tert-OH is 6. The van der Waals surface area contributed by atoms with Crippen LogP contribution in [0.15, 0.2) is 72.9 Å². The fraction of sp³-hybridized carbons (Fsp3) is 0.581. The van der Waals surface area contributed by atoms with E-state index in [2.05, 4.69) is 0 Å². The summed E-state index contributed by atoms with van der Waals surface area (Å²) < 4.78 is 16.9. The second-order valence-electron chi connectivity index (χ2n) is 10.1. The largest absolute Gasteiger partial charge is 0.459 e. The summed E-state index contributed by atoms with van der Waals surface area (Å²) >= 11 is 0. The Balaban J connectivity index is 2.14. The highest BCUT2D eigenvalue weighted by molar-refractivity contribution is 5.82. The summed E-state index contributed by atoms with van der Waals surface area (Å²) in [6.45, 7) is 1.39. The summed E-state index contributed by atoms with van der Waals surface area (Å²) in [5.74, 6) is -0.440. The molecule has 0 aromatic carbocycles. The number of carbonyl (C=O) groups excluding carboxylic acids is 1. The molecule has 1 fully saturated rings. The van der Waals surface area contributed by atoms with Gasteiger partial charge in [0.25, 0.3) is 0 Å². The molecule has 9 atom stereocenters. The molecule has 10 nitrogen and oxygen atoms in total. The van der Waals surface area contributed by atoms with Crippen LogP contribution in [0, 0.1) is 0 Å². The molecule has 10 heteroatoms. The van der Waals surface area contributed by atoms with E-state index in [1.54, 1.807) is 54.7 Å². The highest BCUT2D eigenvalue weighted by Crippen LogP contribution is 2.24. The van der Waals surface area contributed by atoms with Gasteiger partial charge >= 0.3 is 5.97 Å². The van der Waals surface area contributed by atoms with Gasteiger partial charge in [-0.25, -0.2) is 4.79 Å². The van der Waals surface area contributed by atoms with Crippen LogP contribution < -0.4 is 0 Å². The maximum atomic E-state index is 12.2. The first-order valence-corrected chi connectivity index (χ1v) is 14.3. The molecule has 0 amide bonds. The molecule has 0 saturated carbocycles. The molecule has 0 bridgehead atoms. The molecule has 41 heavy (non-hydrogen) atoms. The van der Waals surface area contributed by atoms with E-state index in [1.807, 2.05) is 19.1 Å². The second-order valence-corrected chi connectivity index (χ2v) is 10.1. The number of carbonyl (C=O) groups is 1. The van der Waals surface area contributed by atoms with E-state index in [-0.39, 0.29) is 12.5 Å². The van der Waals surface area contributed by atoms with Crippen LogP contribution in [0.1, 0.15) is 51.9 Å². The van der Waals surface area contributed by atoms with Crippen LogP contribution in [0.25, 0.3) is 0 Å². The molecule has 0 unspecified atom stereocenters. The van der Waals surface area contributed by atoms with E-state index in [9.17, 15) is 35.4 Å². The molecule has 2 rings (SSSR count). The minimum absolute atomic E-state index is 0.184. The van der Waals surface area contributed by atoms with Crippen molar-refractivity contribution in [3.63, 3.8) is 0 Å². The molecule has 2 heterocycles. The van der Waals surface area contributed by atoms with Gasteiger partial charge in [-0.2, -0.15) is 0 Å². The van der Waals surface area contributed by atoms with E-state index in [1.165, 1.54) is 6.08 Å². The van der Waals surface area contributed by atoms with Crippen molar-refractivity contribution in [1.29, 1.82) is 0 Å². The third kappa shape index (κ3) is 13.4. The predicted molar refractivity (Wildman–Crippen MR) is 153 cm³/mol. The lowest BCUT2D eigenvalue weighted by Crippen LogP contribution is -2.59. The van der Waals surface area contributed by atoms with E-state index in [4.69, 9.17) is 14.2 Å². The van der Waals surface area contributed by atoms with E-state index in [0.717, 1.165) is 19.3 Å². The number of allylic oxidation sites excluding steroid dienone is 7. The number of hydrogen-bond acceptors (Lipinski definition) is 10. The minimum Gasteiger partial charge on any atom is -0.459 e. The molecule has 2 aliphatic rings. The van der Waals surface area contributed by atoms with Crippen LogP contribution in [0.2, 0.25) is 0 Å². The van der Waals surface area contributed by atoms with E-state index >= 15 is 0 Å². The van der Waals surface area contributed by atoms with Gasteiger partial charge in [0.1, 0.15) is 30.5 Å². The Hall–Kier alpha value is -2.41. The summed E-state index contributed by atoms with van der Waals surface area (Å²) in [5, 5.41) is 60.3. The SMILES string of the molecule is CC[C@@H]1CCC/C=C\C=C/[C@H](O)C[C@@H](O)C/C=C\C=C/[C@@H](O[C@@H]2O[C@H](CO)[C@@H](O)[C@H](O)[C@H]2O)C/C=C\C=C/C(=O)O1. The normalized spacial score (nSPS) is 39.9. The standard InChI is InChI=1S/C31H46O10/c1-2-24-16-10-5-3-4-8-14-22(33)20-23(34)15-9-6-11-17-25(18-12-7-13-19-27(35)39-24)40-31-30(38)29(37)28(36)26(21-32)41-31/h3-4,6-9,11-14,17,19,22-26,28-34,36-38H,2,5,10,15-16,18,20-21H2,1H3/b4-3-,9-6-,12-7-,14-8-,17-11-,19-13-/t22-,23-,24+,25+,26+,28+,29-,30+,31+/m0/s1. The molecule has 0 aromatic rings. The number of rotatable bonds is 4. The Labute approximate surface area is 242 Å². The van der Waals surface area contributed by atoms with Crippen molar-refractivity contribution in [1.82, 2.24) is 0 Å². The van der Waals surface area contributed by atoms with Crippen molar-refractivity contribution in [2.45, 2.75) is 107 Å². The summed E-state index contributed by atoms with van der Waals surface area (Å²) in [6, 6.07) is 0. The Bertz CT molecular complexity index is 922. The van der Waals surface area contributed by atoms with Gasteiger partial charge in [-0.1, -0.05) is 73.8 Å². The van der Waals surface area contributed by atoms with Gasteiger partial charge in [0.05, 0.1) is 24.9 Å². The van der Waals surface area contributed by atoms with Gasteiger partial charge in [-0.3, -0.25) is 0 Å². The summed E-state index contributed by atoms with van der Waals surface area (Å²) in [5.41, 5.74) is 0. The average Bonchev–Trinajstić information content (AvgIpc) is 2.94. The zero-order valence-electron chi connectivity index (χ0n) is 23.6. The van der Waals surface area contributed by atoms with Crippen LogP contribution in [-0.2, 0) is 19.0 Å². The Morgan fingerprint density at radius 1 is 0.878 bits per heavy atom. The molecule has 230 valence electrons. The highest BCUT2D eigenvalue weighted by Gasteiger charge is 2.44. The maximum absolute atomic E-state index is 12.2. The minimum atomic E-state index is -1.57. The third-order valence-electron chi connectivity index (χ3n) is 6.72. The zero-order chi connectivity index (χ0) is 30.0. The first-order chi connectivity index (χ1) is 19.7. The molecule has 0 spiro atoms. The molecule has 0 radical (unpaired) electrons. The lowest BCUT2D eigenvalue weighted by atomic mass is 9.99. The number of ether oxygens (including phenoxy) is 3. The molecule has 1 saturated heterocycles. The second kappa shape index (κ2) is 19.7. The first kappa shape index (κ1) is 34.8. The van der Waals surface area contributed by atoms with Crippen LogP contribution in [0.5, 0.6) is 0 Å². The van der Waals surface area contributed by atoms with Crippen molar-refractivity contribution in [3.05, 3.63) is 72.9 Å². The van der Waals surface area contributed by atoms with Crippen LogP contribution >= 0.6 is 0 Å². The molecular formula is C31H46O10. The quantitative estimate of drug-likeness (QED) is 0.271. The van der Waals surface area contributed by atoms with Gasteiger partial charge in [0.2, 0.25) is 0 Å². The number of cyclic esters (lactones) is 1. The Morgan fingerprint density at radius 2 is 1.59 bits per heavy atom. The van der Waals surface area contributed by atoms with Crippen molar-refractivity contribution in [2.75, 3.05) is 6.61 Å². The van der Waals surface area contributed by atoms with Crippen LogP contribution in [0.3, 0.4) is 0 Å². The Kier molecular flexibility index (Phi) is 16.7. The molecular weight excluding hydrogens is 532 g/mol. The average molecular weight is 579 g/mol. The van der Waals surface area contributed by atoms with E-state index < -0.39 is 61.6 Å². The fourth-order valence-electron chi connectivity index (χ4n) is 4.29. The Morgan fingerprint density at radius 3 is 2.34 bits per heavy atom. The monoisotopic (exact) mass is 578 g/mol. The number of aliphatic hydroxyl groups is 6. The summed E-state index contributed by atoms with van der Waals surface area (Å²) in [4.78, 5) is 12.2. The van der Waals surface area contributed by atoms with Crippen molar-refractivity contribution in [2.24, 2.45) is 0 Å². The first-order valence-electron chi connectivity index (χ1n) is 14.3. The van der Waals surface area contributed by atoms with Gasteiger partial charge in [-0.05, 0) is 38.5 Å². The summed E-state index contributed by atoms with van der Waals surface area (Å²) in [6.07, 6.45) is 14.8. The van der Waals surface area contributed by atoms with E-state index in [0.29, 0.717) is 19.3 Å². The number of esters is 1. The van der Waals surface area contributed by atoms with Crippen LogP contribution in [-0.4, -0.2) is 98.3 Å². The van der Waals surface area contributed by atoms with Gasteiger partial charge in [0, 0.05) is 12.5 Å². The lowest BCUT2D eigenvalue weighted by molar-refractivity contribution is -0.307. The van der Waals surface area contributed by atoms with Gasteiger partial charge < -0.3 is 44.8 Å². The molecule has 0 aliphatic carbocycles. The zero-order valence-corrected chi connectivity index (χ0v) is 23.6. The molecule has 2 aliphatic heterocycles. The maximum Gasteiger partial charge on any atom is 0.331 e. The van der Waals surface area contributed by atoms with Gasteiger partial charge in [-0.15, -0.1) is 0 Å². The summed E-state index contributed by atoms with van der Waals surface area (Å²) in [7, 11) is 0. The molecule has 6 N–H and O–H groups in total. The van der Waals surface area contributed by atoms with Crippen molar-refractivity contribution >= 4 is 5.97 Å². The van der Waals surface area contributed by atoms with Crippen LogP contribution in [0.4, 0.5) is 0 Å². The van der Waals surface area contributed by atoms with Crippen molar-refractivity contribution < 1.29 is 49.6 Å². The van der Waals surface area contributed by atoms with Gasteiger partial charge in [0.15, 0.2) is 6.29 Å². The number of hydrogen-bond donors (Lipinski definition) is 6. The van der Waals surface area contributed by atoms with Crippen molar-refractivity contribution in [3.8, 4) is 0 Å².